The minimum atomic E-state index is 0.0533. The molecule has 2 bridgehead atoms. The van der Waals surface area contributed by atoms with Crippen molar-refractivity contribution in [1.82, 2.24) is 4.90 Å². The minimum absolute atomic E-state index is 0.0533. The van der Waals surface area contributed by atoms with Crippen molar-refractivity contribution in [2.45, 2.75) is 50.0 Å². The van der Waals surface area contributed by atoms with E-state index in [1.54, 1.807) is 0 Å². The van der Waals surface area contributed by atoms with E-state index in [4.69, 9.17) is 15.0 Å². The molecule has 3 fully saturated rings. The maximum absolute atomic E-state index is 9.16. The van der Waals surface area contributed by atoms with Crippen LogP contribution >= 0.6 is 0 Å². The average molecular weight is 349 g/mol. The molecule has 0 radical (unpaired) electrons. The molecule has 1 aromatic carbocycles. The summed E-state index contributed by atoms with van der Waals surface area (Å²) in [6.45, 7) is 6.08. The Bertz CT molecular complexity index is 774. The van der Waals surface area contributed by atoms with E-state index < -0.39 is 0 Å². The topological polar surface area (TPSA) is 48.6 Å². The number of hydrogen-bond donors (Lipinski definition) is 0. The molecule has 2 heterocycles. The Balaban J connectivity index is 1.56. The molecule has 1 aromatic rings. The van der Waals surface area contributed by atoms with Crippen LogP contribution in [0.2, 0.25) is 0 Å². The standard InChI is InChI=1S/C22H27N3O/c1-21(17-4-2-16(15-23)3-5-17)18-6-7-19(14-18)22(21)9-8-20(24-22)25-10-12-26-13-11-25/h2-5,18-19H,6-14H2,1H3. The molecule has 1 spiro atoms. The van der Waals surface area contributed by atoms with Gasteiger partial charge in [-0.2, -0.15) is 5.26 Å². The zero-order chi connectivity index (χ0) is 17.8. The van der Waals surface area contributed by atoms with Gasteiger partial charge in [-0.1, -0.05) is 19.1 Å². The minimum Gasteiger partial charge on any atom is -0.378 e. The number of fused-ring (bicyclic) bond motifs is 3. The molecule has 2 saturated carbocycles. The molecule has 4 unspecified atom stereocenters. The summed E-state index contributed by atoms with van der Waals surface area (Å²) in [7, 11) is 0. The molecule has 4 nitrogen and oxygen atoms in total. The number of aliphatic imine (C=N–C) groups is 1. The van der Waals surface area contributed by atoms with Crippen molar-refractivity contribution in [3.63, 3.8) is 0 Å². The fourth-order valence-electron chi connectivity index (χ4n) is 6.46. The number of benzene rings is 1. The average Bonchev–Trinajstić information content (AvgIpc) is 3.40. The predicted molar refractivity (Wildman–Crippen MR) is 101 cm³/mol. The number of nitrogens with zero attached hydrogens (tertiary/aromatic N) is 3. The zero-order valence-electron chi connectivity index (χ0n) is 15.6. The molecule has 4 heteroatoms. The van der Waals surface area contributed by atoms with E-state index in [2.05, 4.69) is 30.0 Å². The van der Waals surface area contributed by atoms with Gasteiger partial charge in [-0.15, -0.1) is 0 Å². The number of ether oxygens (including phenoxy) is 1. The number of amidine groups is 1. The van der Waals surface area contributed by atoms with E-state index in [9.17, 15) is 0 Å². The molecule has 26 heavy (non-hydrogen) atoms. The maximum Gasteiger partial charge on any atom is 0.0998 e. The van der Waals surface area contributed by atoms with Crippen molar-refractivity contribution in [1.29, 1.82) is 5.26 Å². The lowest BCUT2D eigenvalue weighted by Gasteiger charge is -2.48. The van der Waals surface area contributed by atoms with Gasteiger partial charge in [-0.3, -0.25) is 4.99 Å². The van der Waals surface area contributed by atoms with Crippen LogP contribution in [0.15, 0.2) is 29.3 Å². The van der Waals surface area contributed by atoms with Crippen LogP contribution < -0.4 is 0 Å². The fraction of sp³-hybridized carbons (Fsp3) is 0.636. The van der Waals surface area contributed by atoms with E-state index >= 15 is 0 Å². The third-order valence-corrected chi connectivity index (χ3v) is 7.87. The van der Waals surface area contributed by atoms with Crippen LogP contribution in [-0.2, 0) is 10.2 Å². The highest BCUT2D eigenvalue weighted by molar-refractivity contribution is 5.85. The number of hydrogen-bond acceptors (Lipinski definition) is 4. The summed E-state index contributed by atoms with van der Waals surface area (Å²) < 4.78 is 5.53. The van der Waals surface area contributed by atoms with E-state index in [1.807, 2.05) is 12.1 Å². The van der Waals surface area contributed by atoms with Gasteiger partial charge in [0.25, 0.3) is 0 Å². The van der Waals surface area contributed by atoms with Crippen molar-refractivity contribution in [2.24, 2.45) is 16.8 Å². The molecule has 4 aliphatic rings. The summed E-state index contributed by atoms with van der Waals surface area (Å²) in [5.74, 6) is 2.75. The van der Waals surface area contributed by atoms with E-state index in [0.717, 1.165) is 38.3 Å². The van der Waals surface area contributed by atoms with E-state index in [-0.39, 0.29) is 11.0 Å². The van der Waals surface area contributed by atoms with E-state index in [0.29, 0.717) is 11.8 Å². The van der Waals surface area contributed by atoms with Gasteiger partial charge in [0.05, 0.1) is 36.2 Å². The second-order valence-electron chi connectivity index (χ2n) is 8.65. The molecule has 5 rings (SSSR count). The first-order valence-electron chi connectivity index (χ1n) is 10.1. The SMILES string of the molecule is CC1(c2ccc(C#N)cc2)C2CCC(C2)C12CCC(N1CCOCC1)=N2. The Labute approximate surface area is 155 Å². The number of rotatable bonds is 1. The molecular weight excluding hydrogens is 322 g/mol. The molecule has 2 aliphatic carbocycles. The van der Waals surface area contributed by atoms with Crippen LogP contribution in [0, 0.1) is 23.2 Å². The highest BCUT2D eigenvalue weighted by atomic mass is 16.5. The van der Waals surface area contributed by atoms with Crippen molar-refractivity contribution >= 4 is 5.84 Å². The van der Waals surface area contributed by atoms with Crippen molar-refractivity contribution < 1.29 is 4.74 Å². The second-order valence-corrected chi connectivity index (χ2v) is 8.65. The first-order valence-corrected chi connectivity index (χ1v) is 10.1. The van der Waals surface area contributed by atoms with Crippen LogP contribution in [0.4, 0.5) is 0 Å². The molecular formula is C22H27N3O. The smallest absolute Gasteiger partial charge is 0.0998 e. The molecule has 0 N–H and O–H groups in total. The van der Waals surface area contributed by atoms with Gasteiger partial charge >= 0.3 is 0 Å². The fourth-order valence-corrected chi connectivity index (χ4v) is 6.46. The Morgan fingerprint density at radius 1 is 1.15 bits per heavy atom. The molecule has 1 saturated heterocycles. The van der Waals surface area contributed by atoms with Gasteiger partial charge in [0.15, 0.2) is 0 Å². The second kappa shape index (κ2) is 5.82. The normalized spacial score (nSPS) is 38.6. The summed E-state index contributed by atoms with van der Waals surface area (Å²) in [5, 5.41) is 9.16. The van der Waals surface area contributed by atoms with Gasteiger partial charge < -0.3 is 9.64 Å². The van der Waals surface area contributed by atoms with Crippen molar-refractivity contribution in [2.75, 3.05) is 26.3 Å². The third-order valence-electron chi connectivity index (χ3n) is 7.87. The molecule has 0 amide bonds. The molecule has 4 atom stereocenters. The highest BCUT2D eigenvalue weighted by Gasteiger charge is 2.67. The van der Waals surface area contributed by atoms with Crippen LogP contribution in [0.5, 0.6) is 0 Å². The Morgan fingerprint density at radius 2 is 1.88 bits per heavy atom. The summed E-state index contributed by atoms with van der Waals surface area (Å²) in [6, 6.07) is 10.6. The largest absolute Gasteiger partial charge is 0.378 e. The summed E-state index contributed by atoms with van der Waals surface area (Å²) in [4.78, 5) is 7.98. The monoisotopic (exact) mass is 349 g/mol. The lowest BCUT2D eigenvalue weighted by Crippen LogP contribution is -2.51. The number of morpholine rings is 1. The third kappa shape index (κ3) is 2.07. The lowest BCUT2D eigenvalue weighted by atomic mass is 9.58. The summed E-state index contributed by atoms with van der Waals surface area (Å²) in [6.07, 6.45) is 6.25. The van der Waals surface area contributed by atoms with Crippen LogP contribution in [0.3, 0.4) is 0 Å². The van der Waals surface area contributed by atoms with Gasteiger partial charge in [-0.05, 0) is 55.2 Å². The summed E-state index contributed by atoms with van der Waals surface area (Å²) >= 11 is 0. The highest BCUT2D eigenvalue weighted by Crippen LogP contribution is 2.66. The Kier molecular flexibility index (Phi) is 3.66. The summed E-state index contributed by atoms with van der Waals surface area (Å²) in [5.41, 5.74) is 2.28. The van der Waals surface area contributed by atoms with Gasteiger partial charge in [0.1, 0.15) is 0 Å². The van der Waals surface area contributed by atoms with Crippen LogP contribution in [0.25, 0.3) is 0 Å². The first-order chi connectivity index (χ1) is 12.7. The van der Waals surface area contributed by atoms with E-state index in [1.165, 1.54) is 37.1 Å². The van der Waals surface area contributed by atoms with Crippen molar-refractivity contribution in [3.8, 4) is 6.07 Å². The van der Waals surface area contributed by atoms with Gasteiger partial charge in [0, 0.05) is 24.9 Å². The predicted octanol–water partition coefficient (Wildman–Crippen LogP) is 3.51. The maximum atomic E-state index is 9.16. The molecule has 2 aliphatic heterocycles. The van der Waals surface area contributed by atoms with Gasteiger partial charge in [-0.25, -0.2) is 0 Å². The lowest BCUT2D eigenvalue weighted by molar-refractivity contribution is 0.0673. The van der Waals surface area contributed by atoms with Crippen LogP contribution in [0.1, 0.15) is 50.2 Å². The van der Waals surface area contributed by atoms with Gasteiger partial charge in [0.2, 0.25) is 0 Å². The van der Waals surface area contributed by atoms with Crippen LogP contribution in [-0.4, -0.2) is 42.6 Å². The van der Waals surface area contributed by atoms with Crippen molar-refractivity contribution in [3.05, 3.63) is 35.4 Å². The Morgan fingerprint density at radius 3 is 2.62 bits per heavy atom. The quantitative estimate of drug-likeness (QED) is 0.779. The molecule has 0 aromatic heterocycles. The Hall–Kier alpha value is -1.86. The molecule has 136 valence electrons. The zero-order valence-corrected chi connectivity index (χ0v) is 15.6. The number of nitriles is 1. The first kappa shape index (κ1) is 16.3.